The third-order valence-corrected chi connectivity index (χ3v) is 7.11. The minimum absolute atomic E-state index is 0.0139. The summed E-state index contributed by atoms with van der Waals surface area (Å²) in [7, 11) is 0. The van der Waals surface area contributed by atoms with Crippen molar-refractivity contribution in [3.8, 4) is 0 Å². The molecule has 0 spiro atoms. The van der Waals surface area contributed by atoms with Gasteiger partial charge in [0, 0.05) is 35.6 Å². The number of aromatic amines is 1. The zero-order valence-electron chi connectivity index (χ0n) is 20.1. The molecule has 2 aliphatic heterocycles. The van der Waals surface area contributed by atoms with Crippen molar-refractivity contribution >= 4 is 28.4 Å². The number of fused-ring (bicyclic) bond motifs is 3. The van der Waals surface area contributed by atoms with E-state index in [1.54, 1.807) is 12.1 Å². The number of hydrogen-bond acceptors (Lipinski definition) is 3. The van der Waals surface area contributed by atoms with Crippen LogP contribution in [-0.2, 0) is 16.8 Å². The van der Waals surface area contributed by atoms with Crippen LogP contribution in [0, 0.1) is 5.82 Å². The first-order valence-corrected chi connectivity index (χ1v) is 12.1. The van der Waals surface area contributed by atoms with Gasteiger partial charge < -0.3 is 15.0 Å². The molecule has 0 aliphatic carbocycles. The smallest absolute Gasteiger partial charge is 0.339 e. The normalized spacial score (nSPS) is 18.1. The number of aromatic nitrogens is 1. The predicted octanol–water partition coefficient (Wildman–Crippen LogP) is 5.15. The second kappa shape index (κ2) is 8.96. The Balaban J connectivity index is 1.53. The van der Waals surface area contributed by atoms with Crippen LogP contribution in [0.25, 0.3) is 16.5 Å². The number of carbonyl (C=O) groups is 2. The number of aliphatic carboxylic acids is 1. The highest BCUT2D eigenvalue weighted by atomic mass is 19.1. The van der Waals surface area contributed by atoms with E-state index in [1.807, 2.05) is 38.1 Å². The molecule has 0 atom stereocenters. The fourth-order valence-electron chi connectivity index (χ4n) is 5.48. The zero-order valence-corrected chi connectivity index (χ0v) is 20.1. The number of amides is 1. The number of para-hydroxylation sites is 1. The van der Waals surface area contributed by atoms with E-state index in [0.717, 1.165) is 48.0 Å². The molecule has 5 rings (SSSR count). The molecule has 1 amide bonds. The molecule has 0 saturated carbocycles. The summed E-state index contributed by atoms with van der Waals surface area (Å²) in [4.78, 5) is 32.9. The van der Waals surface area contributed by atoms with Gasteiger partial charge in [-0.2, -0.15) is 0 Å². The molecule has 2 aliphatic rings. The molecular weight excluding hydrogens is 445 g/mol. The minimum Gasteiger partial charge on any atom is -0.478 e. The molecule has 35 heavy (non-hydrogen) atoms. The van der Waals surface area contributed by atoms with Crippen LogP contribution in [0.1, 0.15) is 60.3 Å². The number of carboxylic acid groups (broad SMARTS) is 1. The van der Waals surface area contributed by atoms with Crippen LogP contribution < -0.4 is 0 Å². The summed E-state index contributed by atoms with van der Waals surface area (Å²) >= 11 is 0. The molecule has 1 fully saturated rings. The summed E-state index contributed by atoms with van der Waals surface area (Å²) < 4.78 is 14.9. The third-order valence-electron chi connectivity index (χ3n) is 7.11. The lowest BCUT2D eigenvalue weighted by molar-refractivity contribution is -0.130. The Morgan fingerprint density at radius 1 is 1.09 bits per heavy atom. The third kappa shape index (κ3) is 4.36. The number of benzene rings is 2. The van der Waals surface area contributed by atoms with Gasteiger partial charge in [-0.15, -0.1) is 0 Å². The fourth-order valence-corrected chi connectivity index (χ4v) is 5.48. The lowest BCUT2D eigenvalue weighted by atomic mass is 9.81. The van der Waals surface area contributed by atoms with Crippen molar-refractivity contribution in [2.75, 3.05) is 19.6 Å². The van der Waals surface area contributed by atoms with Gasteiger partial charge in [0.1, 0.15) is 5.82 Å². The molecule has 182 valence electrons. The first-order chi connectivity index (χ1) is 16.7. The molecule has 7 heteroatoms. The van der Waals surface area contributed by atoms with Crippen LogP contribution in [0.2, 0.25) is 0 Å². The van der Waals surface area contributed by atoms with Gasteiger partial charge in [0.25, 0.3) is 5.91 Å². The number of nitrogens with zero attached hydrogens (tertiary/aromatic N) is 2. The van der Waals surface area contributed by atoms with Crippen molar-refractivity contribution in [1.29, 1.82) is 0 Å². The standard InChI is InChI=1S/C28H30FN3O3/c1-28(2)17-32(16-21(27(34)35)25-24(28)19-8-4-5-9-23(19)30-25)26(33)20-14-18(10-11-22(20)29)15-31-12-6-3-7-13-31/h4-5,8-11,14,16,30H,3,6-7,12-13,15,17H2,1-2H3,(H,34,35). The van der Waals surface area contributed by atoms with Crippen molar-refractivity contribution < 1.29 is 19.1 Å². The number of carboxylic acids is 1. The monoisotopic (exact) mass is 475 g/mol. The quantitative estimate of drug-likeness (QED) is 0.547. The zero-order chi connectivity index (χ0) is 24.7. The number of H-pyrrole nitrogens is 1. The second-order valence-electron chi connectivity index (χ2n) is 10.2. The van der Waals surface area contributed by atoms with E-state index in [4.69, 9.17) is 0 Å². The highest BCUT2D eigenvalue weighted by Gasteiger charge is 2.37. The molecule has 2 N–H and O–H groups in total. The molecule has 3 heterocycles. The van der Waals surface area contributed by atoms with Gasteiger partial charge >= 0.3 is 5.97 Å². The van der Waals surface area contributed by atoms with Crippen molar-refractivity contribution in [2.24, 2.45) is 0 Å². The highest BCUT2D eigenvalue weighted by molar-refractivity contribution is 6.17. The Labute approximate surface area is 204 Å². The van der Waals surface area contributed by atoms with Gasteiger partial charge in [-0.25, -0.2) is 9.18 Å². The lowest BCUT2D eigenvalue weighted by Gasteiger charge is -2.30. The van der Waals surface area contributed by atoms with E-state index in [-0.39, 0.29) is 17.7 Å². The maximum absolute atomic E-state index is 14.9. The van der Waals surface area contributed by atoms with Gasteiger partial charge in [0.15, 0.2) is 0 Å². The Bertz CT molecular complexity index is 1330. The van der Waals surface area contributed by atoms with Crippen molar-refractivity contribution in [1.82, 2.24) is 14.8 Å². The van der Waals surface area contributed by atoms with E-state index >= 15 is 0 Å². The van der Waals surface area contributed by atoms with Crippen molar-refractivity contribution in [2.45, 2.75) is 45.1 Å². The molecule has 1 saturated heterocycles. The van der Waals surface area contributed by atoms with Crippen molar-refractivity contribution in [3.63, 3.8) is 0 Å². The predicted molar refractivity (Wildman–Crippen MR) is 134 cm³/mol. The van der Waals surface area contributed by atoms with Gasteiger partial charge in [0.05, 0.1) is 16.8 Å². The lowest BCUT2D eigenvalue weighted by Crippen LogP contribution is -2.37. The van der Waals surface area contributed by atoms with E-state index < -0.39 is 23.1 Å². The largest absolute Gasteiger partial charge is 0.478 e. The minimum atomic E-state index is -1.15. The van der Waals surface area contributed by atoms with E-state index in [9.17, 15) is 19.1 Å². The summed E-state index contributed by atoms with van der Waals surface area (Å²) in [5.74, 6) is -2.29. The Morgan fingerprint density at radius 2 is 1.83 bits per heavy atom. The number of nitrogens with one attached hydrogen (secondary N) is 1. The topological polar surface area (TPSA) is 76.6 Å². The molecule has 0 radical (unpaired) electrons. The number of rotatable bonds is 4. The van der Waals surface area contributed by atoms with E-state index in [0.29, 0.717) is 12.2 Å². The average Bonchev–Trinajstić information content (AvgIpc) is 3.18. The van der Waals surface area contributed by atoms with Crippen LogP contribution in [0.5, 0.6) is 0 Å². The Morgan fingerprint density at radius 3 is 2.57 bits per heavy atom. The van der Waals surface area contributed by atoms with Gasteiger partial charge in [-0.05, 0) is 55.3 Å². The number of halogens is 1. The summed E-state index contributed by atoms with van der Waals surface area (Å²) in [6, 6.07) is 12.3. The molecule has 2 aromatic carbocycles. The maximum atomic E-state index is 14.9. The molecule has 0 unspecified atom stereocenters. The number of carbonyl (C=O) groups excluding carboxylic acids is 1. The first-order valence-electron chi connectivity index (χ1n) is 12.1. The SMILES string of the molecule is CC1(C)CN(C(=O)c2cc(CN3CCCCC3)ccc2F)C=C(C(=O)O)c2[nH]c3ccccc3c21. The van der Waals surface area contributed by atoms with Gasteiger partial charge in [-0.1, -0.05) is 44.5 Å². The molecule has 1 aromatic heterocycles. The molecule has 0 bridgehead atoms. The maximum Gasteiger partial charge on any atom is 0.339 e. The number of hydrogen-bond donors (Lipinski definition) is 2. The second-order valence-corrected chi connectivity index (χ2v) is 10.2. The number of likely N-dealkylation sites (tertiary alicyclic amines) is 1. The Kier molecular flexibility index (Phi) is 5.97. The van der Waals surface area contributed by atoms with Crippen LogP contribution in [0.15, 0.2) is 48.7 Å². The number of piperidine rings is 1. The van der Waals surface area contributed by atoms with Crippen LogP contribution in [0.3, 0.4) is 0 Å². The van der Waals surface area contributed by atoms with Crippen LogP contribution in [-0.4, -0.2) is 51.4 Å². The van der Waals surface area contributed by atoms with Crippen LogP contribution >= 0.6 is 0 Å². The van der Waals surface area contributed by atoms with E-state index in [1.165, 1.54) is 23.6 Å². The van der Waals surface area contributed by atoms with Gasteiger partial charge in [-0.3, -0.25) is 9.69 Å². The van der Waals surface area contributed by atoms with Gasteiger partial charge in [0.2, 0.25) is 0 Å². The summed E-state index contributed by atoms with van der Waals surface area (Å²) in [6.45, 7) is 6.84. The fraction of sp³-hybridized carbons (Fsp3) is 0.357. The summed E-state index contributed by atoms with van der Waals surface area (Å²) in [5.41, 5.74) is 2.42. The molecular formula is C28H30FN3O3. The Hall–Kier alpha value is -3.45. The average molecular weight is 476 g/mol. The molecule has 6 nitrogen and oxygen atoms in total. The van der Waals surface area contributed by atoms with Crippen LogP contribution in [0.4, 0.5) is 4.39 Å². The summed E-state index contributed by atoms with van der Waals surface area (Å²) in [5, 5.41) is 11.0. The molecule has 3 aromatic rings. The highest BCUT2D eigenvalue weighted by Crippen LogP contribution is 2.40. The summed E-state index contributed by atoms with van der Waals surface area (Å²) in [6.07, 6.45) is 4.87. The first kappa shape index (κ1) is 23.3. The van der Waals surface area contributed by atoms with E-state index in [2.05, 4.69) is 9.88 Å². The van der Waals surface area contributed by atoms with Crippen molar-refractivity contribution in [3.05, 3.63) is 76.9 Å².